The molecule has 0 saturated carbocycles. The first-order valence-corrected chi connectivity index (χ1v) is 8.46. The van der Waals surface area contributed by atoms with E-state index in [1.165, 1.54) is 0 Å². The van der Waals surface area contributed by atoms with Crippen molar-refractivity contribution in [1.29, 1.82) is 0 Å². The third kappa shape index (κ3) is 4.24. The summed E-state index contributed by atoms with van der Waals surface area (Å²) in [5.74, 6) is -0.0667. The van der Waals surface area contributed by atoms with Gasteiger partial charge in [0.15, 0.2) is 11.7 Å². The van der Waals surface area contributed by atoms with E-state index in [9.17, 15) is 9.59 Å². The third-order valence-electron chi connectivity index (χ3n) is 3.90. The zero-order chi connectivity index (χ0) is 19.4. The van der Waals surface area contributed by atoms with Crippen molar-refractivity contribution in [2.24, 2.45) is 5.73 Å². The highest BCUT2D eigenvalue weighted by Gasteiger charge is 2.14. The van der Waals surface area contributed by atoms with Crippen molar-refractivity contribution in [3.8, 4) is 16.9 Å². The summed E-state index contributed by atoms with van der Waals surface area (Å²) in [6.45, 7) is 1.61. The Hall–Kier alpha value is -3.39. The molecule has 1 amide bonds. The van der Waals surface area contributed by atoms with Gasteiger partial charge >= 0.3 is 5.63 Å². The first-order chi connectivity index (χ1) is 13.0. The first kappa shape index (κ1) is 18.4. The lowest BCUT2D eigenvalue weighted by molar-refractivity contribution is -0.123. The van der Waals surface area contributed by atoms with Gasteiger partial charge in [0, 0.05) is 11.5 Å². The van der Waals surface area contributed by atoms with Crippen LogP contribution in [0.1, 0.15) is 5.56 Å². The van der Waals surface area contributed by atoms with Crippen molar-refractivity contribution < 1.29 is 13.9 Å². The summed E-state index contributed by atoms with van der Waals surface area (Å²) in [7, 11) is 0. The molecule has 0 aliphatic rings. The fourth-order valence-electron chi connectivity index (χ4n) is 2.68. The van der Waals surface area contributed by atoms with Crippen LogP contribution in [-0.2, 0) is 4.79 Å². The van der Waals surface area contributed by atoms with Crippen molar-refractivity contribution >= 4 is 34.2 Å². The van der Waals surface area contributed by atoms with E-state index in [2.05, 4.69) is 23.1 Å². The van der Waals surface area contributed by atoms with Crippen LogP contribution < -0.4 is 26.9 Å². The third-order valence-corrected chi connectivity index (χ3v) is 4.00. The van der Waals surface area contributed by atoms with E-state index in [-0.39, 0.29) is 11.7 Å². The number of aryl methyl sites for hydroxylation is 1. The molecule has 0 unspecified atom stereocenters. The summed E-state index contributed by atoms with van der Waals surface area (Å²) in [4.78, 5) is 24.1. The molecule has 0 bridgehead atoms. The average Bonchev–Trinajstić information content (AvgIpc) is 2.65. The van der Waals surface area contributed by atoms with E-state index >= 15 is 0 Å². The summed E-state index contributed by atoms with van der Waals surface area (Å²) >= 11 is 4.58. The molecule has 7 nitrogen and oxygen atoms in total. The smallest absolute Gasteiger partial charge is 0.344 e. The molecule has 0 aliphatic heterocycles. The van der Waals surface area contributed by atoms with Crippen molar-refractivity contribution in [3.63, 3.8) is 0 Å². The highest BCUT2D eigenvalue weighted by molar-refractivity contribution is 7.80. The van der Waals surface area contributed by atoms with Gasteiger partial charge in [0.25, 0.3) is 5.91 Å². The first-order valence-electron chi connectivity index (χ1n) is 8.05. The van der Waals surface area contributed by atoms with Crippen LogP contribution in [0.15, 0.2) is 57.7 Å². The molecule has 0 aliphatic carbocycles. The molecule has 2 aromatic carbocycles. The fraction of sp³-hybridized carbons (Fsp3) is 0.105. The van der Waals surface area contributed by atoms with Crippen molar-refractivity contribution in [3.05, 3.63) is 64.5 Å². The predicted octanol–water partition coefficient (Wildman–Crippen LogP) is 2.01. The van der Waals surface area contributed by atoms with Crippen LogP contribution in [0.5, 0.6) is 5.75 Å². The molecule has 1 aromatic heterocycles. The average molecular weight is 383 g/mol. The Bertz CT molecular complexity index is 1060. The van der Waals surface area contributed by atoms with Crippen LogP contribution in [0, 0.1) is 6.92 Å². The Morgan fingerprint density at radius 3 is 2.63 bits per heavy atom. The molecule has 0 atom stereocenters. The van der Waals surface area contributed by atoms with Crippen LogP contribution in [-0.4, -0.2) is 17.6 Å². The quantitative estimate of drug-likeness (QED) is 0.359. The van der Waals surface area contributed by atoms with Gasteiger partial charge in [-0.05, 0) is 42.4 Å². The molecule has 8 heteroatoms. The Labute approximate surface area is 160 Å². The summed E-state index contributed by atoms with van der Waals surface area (Å²) in [5, 5.41) is 0.737. The SMILES string of the molecule is Cc1c(-c2ccccc2)c(=O)oc2cc(OCC(=O)NNC(N)=S)ccc12. The fourth-order valence-corrected chi connectivity index (χ4v) is 2.73. The summed E-state index contributed by atoms with van der Waals surface area (Å²) in [6.07, 6.45) is 0. The predicted molar refractivity (Wildman–Crippen MR) is 106 cm³/mol. The van der Waals surface area contributed by atoms with E-state index in [1.807, 2.05) is 37.3 Å². The van der Waals surface area contributed by atoms with Gasteiger partial charge in [-0.1, -0.05) is 30.3 Å². The number of hydrogen-bond donors (Lipinski definition) is 3. The Morgan fingerprint density at radius 1 is 1.19 bits per heavy atom. The number of thiocarbonyl (C=S) groups is 1. The molecule has 3 rings (SSSR count). The molecular formula is C19H17N3O4S. The van der Waals surface area contributed by atoms with Gasteiger partial charge in [-0.2, -0.15) is 0 Å². The summed E-state index contributed by atoms with van der Waals surface area (Å²) < 4.78 is 10.9. The number of benzene rings is 2. The van der Waals surface area contributed by atoms with E-state index in [4.69, 9.17) is 14.9 Å². The van der Waals surface area contributed by atoms with Gasteiger partial charge in [-0.15, -0.1) is 0 Å². The van der Waals surface area contributed by atoms with Crippen LogP contribution in [0.4, 0.5) is 0 Å². The van der Waals surface area contributed by atoms with Gasteiger partial charge in [-0.3, -0.25) is 15.6 Å². The van der Waals surface area contributed by atoms with E-state index < -0.39 is 11.5 Å². The molecule has 0 fully saturated rings. The number of carbonyl (C=O) groups excluding carboxylic acids is 1. The standard InChI is InChI=1S/C19H17N3O4S/c1-11-14-8-7-13(25-10-16(23)21-22-19(20)27)9-15(14)26-18(24)17(11)12-5-3-2-4-6-12/h2-9H,10H2,1H3,(H,21,23)(H3,20,22,27). The van der Waals surface area contributed by atoms with Crippen molar-refractivity contribution in [2.45, 2.75) is 6.92 Å². The number of fused-ring (bicyclic) bond motifs is 1. The van der Waals surface area contributed by atoms with Crippen LogP contribution in [0.25, 0.3) is 22.1 Å². The second-order valence-electron chi connectivity index (χ2n) is 5.74. The lowest BCUT2D eigenvalue weighted by Gasteiger charge is -2.11. The van der Waals surface area contributed by atoms with E-state index in [0.29, 0.717) is 16.9 Å². The Kier molecular flexibility index (Phi) is 5.37. The molecule has 27 heavy (non-hydrogen) atoms. The summed E-state index contributed by atoms with van der Waals surface area (Å²) in [5.41, 5.74) is 11.9. The zero-order valence-corrected chi connectivity index (χ0v) is 15.3. The molecule has 3 aromatic rings. The molecule has 138 valence electrons. The second kappa shape index (κ2) is 7.88. The van der Waals surface area contributed by atoms with Gasteiger partial charge in [0.1, 0.15) is 11.3 Å². The molecule has 0 saturated heterocycles. The summed E-state index contributed by atoms with van der Waals surface area (Å²) in [6, 6.07) is 14.4. The van der Waals surface area contributed by atoms with Crippen LogP contribution in [0.3, 0.4) is 0 Å². The maximum absolute atomic E-state index is 12.5. The highest BCUT2D eigenvalue weighted by atomic mass is 32.1. The number of ether oxygens (including phenoxy) is 1. The molecule has 1 heterocycles. The van der Waals surface area contributed by atoms with Gasteiger partial charge < -0.3 is 14.9 Å². The number of carbonyl (C=O) groups is 1. The van der Waals surface area contributed by atoms with Gasteiger partial charge in [0.05, 0.1) is 5.56 Å². The van der Waals surface area contributed by atoms with Crippen molar-refractivity contribution in [1.82, 2.24) is 10.9 Å². The maximum atomic E-state index is 12.5. The Morgan fingerprint density at radius 2 is 1.93 bits per heavy atom. The van der Waals surface area contributed by atoms with Crippen LogP contribution in [0.2, 0.25) is 0 Å². The molecule has 0 radical (unpaired) electrons. The molecule has 4 N–H and O–H groups in total. The second-order valence-corrected chi connectivity index (χ2v) is 6.18. The number of nitrogens with two attached hydrogens (primary N) is 1. The zero-order valence-electron chi connectivity index (χ0n) is 14.4. The van der Waals surface area contributed by atoms with Gasteiger partial charge in [-0.25, -0.2) is 4.79 Å². The maximum Gasteiger partial charge on any atom is 0.344 e. The number of hydrazine groups is 1. The number of rotatable bonds is 4. The van der Waals surface area contributed by atoms with Crippen LogP contribution >= 0.6 is 12.2 Å². The molecular weight excluding hydrogens is 366 g/mol. The van der Waals surface area contributed by atoms with Gasteiger partial charge in [0.2, 0.25) is 0 Å². The molecule has 0 spiro atoms. The lowest BCUT2D eigenvalue weighted by Crippen LogP contribution is -2.46. The van der Waals surface area contributed by atoms with Crippen molar-refractivity contribution in [2.75, 3.05) is 6.61 Å². The normalized spacial score (nSPS) is 10.4. The number of amides is 1. The van der Waals surface area contributed by atoms with E-state index in [0.717, 1.165) is 16.5 Å². The monoisotopic (exact) mass is 383 g/mol. The lowest BCUT2D eigenvalue weighted by atomic mass is 10.00. The number of hydrogen-bond acceptors (Lipinski definition) is 5. The topological polar surface area (TPSA) is 107 Å². The number of nitrogens with one attached hydrogen (secondary N) is 2. The Balaban J connectivity index is 1.86. The minimum atomic E-state index is -0.458. The largest absolute Gasteiger partial charge is 0.484 e. The minimum absolute atomic E-state index is 0.0551. The van der Waals surface area contributed by atoms with E-state index in [1.54, 1.807) is 18.2 Å². The minimum Gasteiger partial charge on any atom is -0.484 e. The highest BCUT2D eigenvalue weighted by Crippen LogP contribution is 2.28.